The Morgan fingerprint density at radius 1 is 1.30 bits per heavy atom. The zero-order valence-corrected chi connectivity index (χ0v) is 16.3. The minimum absolute atomic E-state index is 0.0316. The molecule has 0 aromatic heterocycles. The maximum Gasteiger partial charge on any atom is 0.416 e. The molecule has 0 bridgehead atoms. The van der Waals surface area contributed by atoms with Gasteiger partial charge in [-0.1, -0.05) is 17.3 Å². The largest absolute Gasteiger partial charge is 0.468 e. The van der Waals surface area contributed by atoms with Crippen LogP contribution in [0.5, 0.6) is 0 Å². The van der Waals surface area contributed by atoms with E-state index in [9.17, 15) is 18.0 Å². The molecule has 1 unspecified atom stereocenters. The second-order valence-electron chi connectivity index (χ2n) is 6.73. The first kappa shape index (κ1) is 20.1. The van der Waals surface area contributed by atoms with Gasteiger partial charge in [-0.15, -0.1) is 0 Å². The van der Waals surface area contributed by atoms with E-state index in [1.807, 2.05) is 4.90 Å². The molecule has 148 valence electrons. The van der Waals surface area contributed by atoms with Gasteiger partial charge in [0.2, 0.25) is 0 Å². The molecule has 1 aromatic carbocycles. The Balaban J connectivity index is 1.70. The molecule has 0 saturated carbocycles. The number of carbonyl (C=O) groups excluding carboxylic acids is 1. The number of benzene rings is 1. The Hall–Kier alpha value is -1.61. The van der Waals surface area contributed by atoms with Crippen molar-refractivity contribution in [2.24, 2.45) is 11.1 Å². The summed E-state index contributed by atoms with van der Waals surface area (Å²) < 4.78 is 44.1. The first-order valence-electron chi connectivity index (χ1n) is 8.67. The highest BCUT2D eigenvalue weighted by Crippen LogP contribution is 2.34. The van der Waals surface area contributed by atoms with Gasteiger partial charge in [-0.3, -0.25) is 4.90 Å². The van der Waals surface area contributed by atoms with E-state index in [2.05, 4.69) is 21.1 Å². The summed E-state index contributed by atoms with van der Waals surface area (Å²) in [4.78, 5) is 19.7. The minimum Gasteiger partial charge on any atom is -0.468 e. The number of rotatable bonds is 4. The highest BCUT2D eigenvalue weighted by Gasteiger charge is 2.37. The Bertz CT molecular complexity index is 701. The molecule has 3 rings (SSSR count). The van der Waals surface area contributed by atoms with Crippen molar-refractivity contribution in [3.63, 3.8) is 0 Å². The number of halogens is 4. The van der Waals surface area contributed by atoms with Crippen molar-refractivity contribution in [1.29, 1.82) is 0 Å². The van der Waals surface area contributed by atoms with E-state index in [-0.39, 0.29) is 6.10 Å². The fourth-order valence-electron chi connectivity index (χ4n) is 3.63. The maximum atomic E-state index is 12.8. The zero-order chi connectivity index (χ0) is 19.6. The van der Waals surface area contributed by atoms with Crippen LogP contribution >= 0.6 is 15.9 Å². The van der Waals surface area contributed by atoms with Crippen molar-refractivity contribution in [3.8, 4) is 0 Å². The fourth-order valence-corrected chi connectivity index (χ4v) is 4.03. The molecule has 2 atom stereocenters. The lowest BCUT2D eigenvalue weighted by Gasteiger charge is -2.37. The number of esters is 1. The summed E-state index contributed by atoms with van der Waals surface area (Å²) in [6.07, 6.45) is -2.01. The van der Waals surface area contributed by atoms with Crippen molar-refractivity contribution >= 4 is 26.5 Å². The predicted molar refractivity (Wildman–Crippen MR) is 96.4 cm³/mol. The van der Waals surface area contributed by atoms with E-state index in [1.165, 1.54) is 19.2 Å². The Morgan fingerprint density at radius 2 is 1.93 bits per heavy atom. The van der Waals surface area contributed by atoms with Crippen LogP contribution in [0.2, 0.25) is 0 Å². The van der Waals surface area contributed by atoms with E-state index < -0.39 is 23.8 Å². The molecular formula is C18H20BrF3N2O3. The van der Waals surface area contributed by atoms with Gasteiger partial charge >= 0.3 is 12.1 Å². The molecule has 1 fully saturated rings. The summed E-state index contributed by atoms with van der Waals surface area (Å²) in [7, 11) is 1.29. The Morgan fingerprint density at radius 3 is 2.41 bits per heavy atom. The quantitative estimate of drug-likeness (QED) is 0.649. The van der Waals surface area contributed by atoms with E-state index in [4.69, 9.17) is 9.57 Å². The molecule has 2 aliphatic rings. The molecule has 0 amide bonds. The number of piperidine rings is 1. The zero-order valence-electron chi connectivity index (χ0n) is 14.7. The molecular weight excluding hydrogens is 429 g/mol. The molecule has 0 spiro atoms. The van der Waals surface area contributed by atoms with Crippen LogP contribution in [0.1, 0.15) is 36.4 Å². The molecule has 5 nitrogen and oxygen atoms in total. The van der Waals surface area contributed by atoms with Crippen molar-refractivity contribution in [2.45, 2.75) is 37.6 Å². The third-order valence-corrected chi connectivity index (χ3v) is 5.57. The molecule has 9 heteroatoms. The number of carbonyl (C=O) groups is 1. The van der Waals surface area contributed by atoms with Crippen LogP contribution in [0.15, 0.2) is 29.4 Å². The number of hydrogen-bond acceptors (Lipinski definition) is 5. The molecule has 1 saturated heterocycles. The summed E-state index contributed by atoms with van der Waals surface area (Å²) in [6.45, 7) is 1.26. The van der Waals surface area contributed by atoms with Gasteiger partial charge in [-0.25, -0.2) is 4.79 Å². The van der Waals surface area contributed by atoms with Crippen molar-refractivity contribution in [3.05, 3.63) is 35.4 Å². The van der Waals surface area contributed by atoms with Gasteiger partial charge in [-0.2, -0.15) is 13.2 Å². The lowest BCUT2D eigenvalue weighted by molar-refractivity contribution is -0.148. The van der Waals surface area contributed by atoms with E-state index in [0.717, 1.165) is 36.0 Å². The molecule has 0 radical (unpaired) electrons. The monoisotopic (exact) mass is 448 g/mol. The summed E-state index contributed by atoms with van der Waals surface area (Å²) in [5.41, 5.74) is -0.242. The first-order valence-corrected chi connectivity index (χ1v) is 9.46. The smallest absolute Gasteiger partial charge is 0.416 e. The van der Waals surface area contributed by atoms with Crippen LogP contribution in [0, 0.1) is 5.92 Å². The Kier molecular flexibility index (Phi) is 6.10. The highest BCUT2D eigenvalue weighted by molar-refractivity contribution is 9.18. The third kappa shape index (κ3) is 4.63. The summed E-state index contributed by atoms with van der Waals surface area (Å²) >= 11 is 3.33. The van der Waals surface area contributed by atoms with Gasteiger partial charge in [0.1, 0.15) is 16.8 Å². The second kappa shape index (κ2) is 8.18. The van der Waals surface area contributed by atoms with Gasteiger partial charge in [0.05, 0.1) is 12.7 Å². The van der Waals surface area contributed by atoms with E-state index >= 15 is 0 Å². The number of hydrogen-bond donors (Lipinski definition) is 0. The van der Waals surface area contributed by atoms with E-state index in [1.54, 1.807) is 0 Å². The van der Waals surface area contributed by atoms with Crippen molar-refractivity contribution < 1.29 is 27.5 Å². The Labute approximate surface area is 163 Å². The van der Waals surface area contributed by atoms with E-state index in [0.29, 0.717) is 24.6 Å². The standard InChI is InChI=1S/C18H20BrF3N2O3/c1-26-17(25)16(12-2-4-13(5-3-12)18(20,21)22)24-8-6-11(7-9-24)14-10-15(19)23-27-14/h2-5,11,14,16H,6-10H2,1H3/t14-,16?/m1/s1. The second-order valence-corrected chi connectivity index (χ2v) is 7.65. The van der Waals surface area contributed by atoms with Crippen LogP contribution < -0.4 is 0 Å². The first-order chi connectivity index (χ1) is 12.8. The molecule has 2 aliphatic heterocycles. The number of alkyl halides is 3. The fraction of sp³-hybridized carbons (Fsp3) is 0.556. The van der Waals surface area contributed by atoms with Crippen LogP contribution in [0.3, 0.4) is 0 Å². The number of oxime groups is 1. The molecule has 0 aliphatic carbocycles. The molecule has 1 aromatic rings. The van der Waals surface area contributed by atoms with Gasteiger partial charge in [0.15, 0.2) is 0 Å². The van der Waals surface area contributed by atoms with Crippen LogP contribution in [0.4, 0.5) is 13.2 Å². The predicted octanol–water partition coefficient (Wildman–Crippen LogP) is 4.13. The van der Waals surface area contributed by atoms with Crippen LogP contribution in [-0.2, 0) is 20.5 Å². The molecule has 27 heavy (non-hydrogen) atoms. The average Bonchev–Trinajstić information content (AvgIpc) is 3.08. The van der Waals surface area contributed by atoms with Gasteiger partial charge < -0.3 is 9.57 Å². The third-order valence-electron chi connectivity index (χ3n) is 5.10. The number of nitrogens with zero attached hydrogens (tertiary/aromatic N) is 2. The van der Waals surface area contributed by atoms with Crippen molar-refractivity contribution in [2.75, 3.05) is 20.2 Å². The topological polar surface area (TPSA) is 51.1 Å². The number of methoxy groups -OCH3 is 1. The van der Waals surface area contributed by atoms with Crippen LogP contribution in [0.25, 0.3) is 0 Å². The lowest BCUT2D eigenvalue weighted by Crippen LogP contribution is -2.42. The minimum atomic E-state index is -4.41. The van der Waals surface area contributed by atoms with Gasteiger partial charge in [0, 0.05) is 12.3 Å². The maximum absolute atomic E-state index is 12.8. The number of likely N-dealkylation sites (tertiary alicyclic amines) is 1. The molecule has 0 N–H and O–H groups in total. The highest BCUT2D eigenvalue weighted by atomic mass is 79.9. The van der Waals surface area contributed by atoms with Crippen LogP contribution in [-0.4, -0.2) is 41.8 Å². The SMILES string of the molecule is COC(=O)C(c1ccc(C(F)(F)F)cc1)N1CCC([C@H]2CC(Br)=NO2)CC1. The average molecular weight is 449 g/mol. The lowest BCUT2D eigenvalue weighted by atomic mass is 9.88. The summed E-state index contributed by atoms with van der Waals surface area (Å²) in [5.74, 6) is -0.151. The van der Waals surface area contributed by atoms with Gasteiger partial charge in [-0.05, 0) is 59.6 Å². The normalized spacial score (nSPS) is 22.9. The van der Waals surface area contributed by atoms with Gasteiger partial charge in [0.25, 0.3) is 0 Å². The number of ether oxygens (including phenoxy) is 1. The summed E-state index contributed by atoms with van der Waals surface area (Å²) in [5, 5.41) is 3.92. The molecule has 2 heterocycles. The van der Waals surface area contributed by atoms with Crippen molar-refractivity contribution in [1.82, 2.24) is 4.90 Å². The summed E-state index contributed by atoms with van der Waals surface area (Å²) in [6, 6.07) is 3.98.